The van der Waals surface area contributed by atoms with E-state index >= 15 is 0 Å². The molecule has 1 aromatic carbocycles. The normalized spacial score (nSPS) is 11.5. The number of para-hydroxylation sites is 1. The maximum Gasteiger partial charge on any atom is 0.167 e. The number of aromatic nitrogens is 6. The van der Waals surface area contributed by atoms with E-state index in [-0.39, 0.29) is 0 Å². The third-order valence-electron chi connectivity index (χ3n) is 4.21. The van der Waals surface area contributed by atoms with Gasteiger partial charge in [0.1, 0.15) is 11.4 Å². The highest BCUT2D eigenvalue weighted by Crippen LogP contribution is 2.29. The van der Waals surface area contributed by atoms with Crippen LogP contribution in [0.3, 0.4) is 0 Å². The fourth-order valence-electron chi connectivity index (χ4n) is 2.98. The zero-order valence-corrected chi connectivity index (χ0v) is 16.7. The lowest BCUT2D eigenvalue weighted by Gasteiger charge is -2.03. The molecule has 0 fully saturated rings. The second kappa shape index (κ2) is 7.09. The summed E-state index contributed by atoms with van der Waals surface area (Å²) in [6.07, 6.45) is 7.07. The van der Waals surface area contributed by atoms with Crippen LogP contribution in [0.5, 0.6) is 0 Å². The molecule has 0 saturated heterocycles. The van der Waals surface area contributed by atoms with Crippen LogP contribution in [0.2, 0.25) is 10.0 Å². The molecule has 0 spiro atoms. The first kappa shape index (κ1) is 17.5. The van der Waals surface area contributed by atoms with Gasteiger partial charge in [-0.05, 0) is 18.2 Å². The maximum atomic E-state index is 6.23. The number of thioether (sulfide) groups is 1. The van der Waals surface area contributed by atoms with Gasteiger partial charge in [-0.25, -0.2) is 19.6 Å². The minimum absolute atomic E-state index is 0.525. The fourth-order valence-corrected chi connectivity index (χ4v) is 4.36. The maximum absolute atomic E-state index is 6.23. The monoisotopic (exact) mass is 426 g/mol. The minimum atomic E-state index is 0.525. The van der Waals surface area contributed by atoms with Crippen molar-refractivity contribution in [3.63, 3.8) is 0 Å². The van der Waals surface area contributed by atoms with Gasteiger partial charge in [0.25, 0.3) is 0 Å². The molecule has 28 heavy (non-hydrogen) atoms. The van der Waals surface area contributed by atoms with Crippen LogP contribution in [0, 0.1) is 0 Å². The van der Waals surface area contributed by atoms with E-state index in [1.807, 2.05) is 45.6 Å². The molecule has 5 aromatic rings. The number of imidazole rings is 1. The number of hydrogen-bond acceptors (Lipinski definition) is 5. The Morgan fingerprint density at radius 2 is 1.86 bits per heavy atom. The predicted molar refractivity (Wildman–Crippen MR) is 111 cm³/mol. The lowest BCUT2D eigenvalue weighted by atomic mass is 10.3. The summed E-state index contributed by atoms with van der Waals surface area (Å²) in [5.41, 5.74) is 3.30. The third kappa shape index (κ3) is 3.11. The summed E-state index contributed by atoms with van der Waals surface area (Å²) >= 11 is 13.9. The Morgan fingerprint density at radius 3 is 2.71 bits per heavy atom. The Labute approximate surface area is 174 Å². The van der Waals surface area contributed by atoms with E-state index < -0.39 is 0 Å². The van der Waals surface area contributed by atoms with Gasteiger partial charge in [0.15, 0.2) is 11.3 Å². The zero-order chi connectivity index (χ0) is 19.1. The standard InChI is InChI=1S/C19H12Cl2N6S/c20-12-6-16(21)18-25-13(9-26(18)8-12)10-28-19-15-7-24-27(17(15)22-11-23-19)14-4-2-1-3-5-14/h1-9,11H,10H2. The van der Waals surface area contributed by atoms with Gasteiger partial charge in [-0.3, -0.25) is 0 Å². The molecule has 0 amide bonds. The van der Waals surface area contributed by atoms with E-state index in [4.69, 9.17) is 23.2 Å². The SMILES string of the molecule is Clc1cc(Cl)c2nc(CSc3ncnc4c3cnn4-c3ccccc3)cn2c1. The number of rotatable bonds is 4. The average molecular weight is 427 g/mol. The molecule has 138 valence electrons. The molecule has 0 aliphatic heterocycles. The Kier molecular flexibility index (Phi) is 4.43. The lowest BCUT2D eigenvalue weighted by Crippen LogP contribution is -1.97. The van der Waals surface area contributed by atoms with Crippen molar-refractivity contribution in [3.8, 4) is 5.69 Å². The fraction of sp³-hybridized carbons (Fsp3) is 0.0526. The number of fused-ring (bicyclic) bond motifs is 2. The van der Waals surface area contributed by atoms with Gasteiger partial charge >= 0.3 is 0 Å². The minimum Gasteiger partial charge on any atom is -0.304 e. The second-order valence-corrected chi connectivity index (χ2v) is 7.87. The summed E-state index contributed by atoms with van der Waals surface area (Å²) in [5.74, 6) is 0.637. The summed E-state index contributed by atoms with van der Waals surface area (Å²) in [4.78, 5) is 13.4. The summed E-state index contributed by atoms with van der Waals surface area (Å²) in [6, 6.07) is 11.6. The molecule has 9 heteroatoms. The molecule has 4 aromatic heterocycles. The van der Waals surface area contributed by atoms with Gasteiger partial charge in [-0.15, -0.1) is 0 Å². The van der Waals surface area contributed by atoms with Gasteiger partial charge < -0.3 is 4.40 Å². The van der Waals surface area contributed by atoms with E-state index in [0.717, 1.165) is 27.4 Å². The van der Waals surface area contributed by atoms with Crippen LogP contribution >= 0.6 is 35.0 Å². The van der Waals surface area contributed by atoms with Crippen LogP contribution in [0.25, 0.3) is 22.4 Å². The Bertz CT molecular complexity index is 1300. The van der Waals surface area contributed by atoms with Gasteiger partial charge in [-0.2, -0.15) is 5.10 Å². The van der Waals surface area contributed by atoms with Crippen molar-refractivity contribution in [1.82, 2.24) is 29.1 Å². The Balaban J connectivity index is 1.46. The molecule has 0 atom stereocenters. The van der Waals surface area contributed by atoms with Crippen molar-refractivity contribution in [2.24, 2.45) is 0 Å². The molecule has 0 aliphatic rings. The van der Waals surface area contributed by atoms with Crippen LogP contribution in [0.4, 0.5) is 0 Å². The highest BCUT2D eigenvalue weighted by molar-refractivity contribution is 7.98. The smallest absolute Gasteiger partial charge is 0.167 e. The quantitative estimate of drug-likeness (QED) is 0.296. The summed E-state index contributed by atoms with van der Waals surface area (Å²) < 4.78 is 3.65. The van der Waals surface area contributed by atoms with E-state index in [9.17, 15) is 0 Å². The molecule has 0 radical (unpaired) electrons. The highest BCUT2D eigenvalue weighted by Gasteiger charge is 2.13. The predicted octanol–water partition coefficient (Wildman–Crippen LogP) is 5.06. The molecule has 6 nitrogen and oxygen atoms in total. The molecule has 0 saturated carbocycles. The van der Waals surface area contributed by atoms with Crippen molar-refractivity contribution < 1.29 is 0 Å². The molecular weight excluding hydrogens is 415 g/mol. The second-order valence-electron chi connectivity index (χ2n) is 6.07. The molecule has 0 N–H and O–H groups in total. The Hall–Kier alpha value is -2.61. The topological polar surface area (TPSA) is 60.9 Å². The number of pyridine rings is 1. The molecule has 0 unspecified atom stereocenters. The summed E-state index contributed by atoms with van der Waals surface area (Å²) in [7, 11) is 0. The van der Waals surface area contributed by atoms with Gasteiger partial charge in [-0.1, -0.05) is 53.2 Å². The van der Waals surface area contributed by atoms with Crippen LogP contribution < -0.4 is 0 Å². The van der Waals surface area contributed by atoms with Crippen molar-refractivity contribution in [1.29, 1.82) is 0 Å². The van der Waals surface area contributed by atoms with Crippen LogP contribution in [0.1, 0.15) is 5.69 Å². The first-order valence-corrected chi connectivity index (χ1v) is 10.1. The van der Waals surface area contributed by atoms with Crippen molar-refractivity contribution in [2.45, 2.75) is 10.8 Å². The summed E-state index contributed by atoms with van der Waals surface area (Å²) in [6.45, 7) is 0. The molecular formula is C19H12Cl2N6S. The first-order chi connectivity index (χ1) is 13.7. The van der Waals surface area contributed by atoms with E-state index in [1.165, 1.54) is 0 Å². The van der Waals surface area contributed by atoms with Crippen LogP contribution in [-0.2, 0) is 5.75 Å². The average Bonchev–Trinajstić information content (AvgIpc) is 3.31. The number of benzene rings is 1. The molecule has 4 heterocycles. The summed E-state index contributed by atoms with van der Waals surface area (Å²) in [5, 5.41) is 7.34. The third-order valence-corrected chi connectivity index (χ3v) is 5.73. The Morgan fingerprint density at radius 1 is 1.00 bits per heavy atom. The molecule has 0 bridgehead atoms. The van der Waals surface area contributed by atoms with Gasteiger partial charge in [0, 0.05) is 18.1 Å². The van der Waals surface area contributed by atoms with E-state index in [0.29, 0.717) is 21.4 Å². The zero-order valence-electron chi connectivity index (χ0n) is 14.3. The molecule has 5 rings (SSSR count). The van der Waals surface area contributed by atoms with Gasteiger partial charge in [0.05, 0.1) is 33.0 Å². The number of nitrogens with zero attached hydrogens (tertiary/aromatic N) is 6. The van der Waals surface area contributed by atoms with Crippen LogP contribution in [-0.4, -0.2) is 29.1 Å². The van der Waals surface area contributed by atoms with Gasteiger partial charge in [0.2, 0.25) is 0 Å². The van der Waals surface area contributed by atoms with Crippen molar-refractivity contribution in [2.75, 3.05) is 0 Å². The lowest BCUT2D eigenvalue weighted by molar-refractivity contribution is 0.893. The van der Waals surface area contributed by atoms with E-state index in [2.05, 4.69) is 20.1 Å². The van der Waals surface area contributed by atoms with Crippen molar-refractivity contribution in [3.05, 3.63) is 77.1 Å². The largest absolute Gasteiger partial charge is 0.304 e. The first-order valence-electron chi connectivity index (χ1n) is 8.38. The molecule has 0 aliphatic carbocycles. The number of hydrogen-bond donors (Lipinski definition) is 0. The number of halogens is 2. The van der Waals surface area contributed by atoms with Crippen LogP contribution in [0.15, 0.2) is 66.3 Å². The van der Waals surface area contributed by atoms with Crippen molar-refractivity contribution >= 4 is 51.6 Å². The van der Waals surface area contributed by atoms with E-state index in [1.54, 1.807) is 36.5 Å². The highest BCUT2D eigenvalue weighted by atomic mass is 35.5.